The monoisotopic (exact) mass is 328 g/mol. The number of halogens is 2. The van der Waals surface area contributed by atoms with E-state index in [1.54, 1.807) is 6.07 Å². The van der Waals surface area contributed by atoms with E-state index in [2.05, 4.69) is 32.9 Å². The van der Waals surface area contributed by atoms with Crippen molar-refractivity contribution in [1.82, 2.24) is 0 Å². The van der Waals surface area contributed by atoms with Crippen LogP contribution in [0.5, 0.6) is 5.75 Å². The molecule has 0 aliphatic carbocycles. The van der Waals surface area contributed by atoms with E-state index >= 15 is 0 Å². The summed E-state index contributed by atoms with van der Waals surface area (Å²) >= 11 is 12.6. The van der Waals surface area contributed by atoms with E-state index in [4.69, 9.17) is 27.9 Å². The molecule has 0 fully saturated rings. The molecule has 1 nitrogen and oxygen atoms in total. The summed E-state index contributed by atoms with van der Waals surface area (Å²) in [6.07, 6.45) is 9.72. The first-order valence-electron chi connectivity index (χ1n) is 7.90. The first-order chi connectivity index (χ1) is 10.1. The van der Waals surface area contributed by atoms with Gasteiger partial charge < -0.3 is 4.74 Å². The summed E-state index contributed by atoms with van der Waals surface area (Å²) in [6, 6.07) is 3.78. The Morgan fingerprint density at radius 2 is 1.86 bits per heavy atom. The summed E-state index contributed by atoms with van der Waals surface area (Å²) in [5, 5.41) is 1.30. The highest BCUT2D eigenvalue weighted by Crippen LogP contribution is 2.40. The van der Waals surface area contributed by atoms with Crippen molar-refractivity contribution in [2.24, 2.45) is 0 Å². The molecule has 0 saturated carbocycles. The Hall–Kier alpha value is -0.660. The second kappa shape index (κ2) is 10.1. The lowest BCUT2D eigenvalue weighted by Gasteiger charge is -2.20. The maximum absolute atomic E-state index is 6.35. The minimum atomic E-state index is 0.404. The molecular formula is C18H26Cl2O. The molecule has 0 aromatic heterocycles. The van der Waals surface area contributed by atoms with Gasteiger partial charge in [0, 0.05) is 10.6 Å². The molecule has 1 aromatic carbocycles. The van der Waals surface area contributed by atoms with Gasteiger partial charge in [0.2, 0.25) is 0 Å². The van der Waals surface area contributed by atoms with Crippen molar-refractivity contribution >= 4 is 23.2 Å². The molecule has 0 saturated heterocycles. The number of hydrogen-bond donors (Lipinski definition) is 0. The molecule has 3 heteroatoms. The van der Waals surface area contributed by atoms with Crippen LogP contribution in [-0.4, -0.2) is 6.61 Å². The third-order valence-corrected chi connectivity index (χ3v) is 3.89. The zero-order valence-corrected chi connectivity index (χ0v) is 14.8. The number of ether oxygens (including phenoxy) is 1. The maximum Gasteiger partial charge on any atom is 0.141 e. The summed E-state index contributed by atoms with van der Waals surface area (Å²) in [4.78, 5) is 0. The maximum atomic E-state index is 6.35. The van der Waals surface area contributed by atoms with Crippen molar-refractivity contribution in [3.05, 3.63) is 39.9 Å². The highest BCUT2D eigenvalue weighted by atomic mass is 35.5. The van der Waals surface area contributed by atoms with E-state index in [0.717, 1.165) is 43.4 Å². The summed E-state index contributed by atoms with van der Waals surface area (Å²) in [6.45, 7) is 7.13. The largest absolute Gasteiger partial charge is 0.492 e. The van der Waals surface area contributed by atoms with Gasteiger partial charge in [-0.1, -0.05) is 62.5 Å². The molecule has 0 radical (unpaired) electrons. The molecule has 1 rings (SSSR count). The van der Waals surface area contributed by atoms with Crippen LogP contribution >= 0.6 is 23.2 Å². The Labute approximate surface area is 139 Å². The van der Waals surface area contributed by atoms with Crippen molar-refractivity contribution in [2.75, 3.05) is 6.61 Å². The van der Waals surface area contributed by atoms with Crippen LogP contribution in [0.2, 0.25) is 10.0 Å². The van der Waals surface area contributed by atoms with E-state index in [0.29, 0.717) is 22.6 Å². The smallest absolute Gasteiger partial charge is 0.141 e. The van der Waals surface area contributed by atoms with E-state index in [-0.39, 0.29) is 0 Å². The van der Waals surface area contributed by atoms with Gasteiger partial charge in [-0.05, 0) is 43.7 Å². The lowest BCUT2D eigenvalue weighted by Crippen LogP contribution is -2.05. The molecule has 0 amide bonds. The molecule has 118 valence electrons. The standard InChI is InChI=1S/C18H26Cl2O/c1-4-7-8-10-14(9-5-2)16-12-15(19)13-17(20)18(16)21-11-6-3/h7-8,12-14H,4-6,9-11H2,1-3H3/b8-7-. The summed E-state index contributed by atoms with van der Waals surface area (Å²) in [7, 11) is 0. The van der Waals surface area contributed by atoms with Gasteiger partial charge in [0.1, 0.15) is 5.75 Å². The molecule has 0 bridgehead atoms. The van der Waals surface area contributed by atoms with Gasteiger partial charge in [-0.25, -0.2) is 0 Å². The molecular weight excluding hydrogens is 303 g/mol. The zero-order chi connectivity index (χ0) is 15.7. The minimum absolute atomic E-state index is 0.404. The molecule has 1 aromatic rings. The van der Waals surface area contributed by atoms with Gasteiger partial charge in [-0.3, -0.25) is 0 Å². The lowest BCUT2D eigenvalue weighted by molar-refractivity contribution is 0.311. The van der Waals surface area contributed by atoms with Crippen molar-refractivity contribution in [3.8, 4) is 5.75 Å². The van der Waals surface area contributed by atoms with Crippen LogP contribution in [0.4, 0.5) is 0 Å². The van der Waals surface area contributed by atoms with Crippen molar-refractivity contribution in [3.63, 3.8) is 0 Å². The zero-order valence-electron chi connectivity index (χ0n) is 13.3. The van der Waals surface area contributed by atoms with Crippen molar-refractivity contribution in [2.45, 2.75) is 58.8 Å². The number of allylic oxidation sites excluding steroid dienone is 2. The van der Waals surface area contributed by atoms with Crippen LogP contribution in [0.3, 0.4) is 0 Å². The van der Waals surface area contributed by atoms with Crippen molar-refractivity contribution < 1.29 is 4.74 Å². The fourth-order valence-electron chi connectivity index (χ4n) is 2.42. The average molecular weight is 329 g/mol. The molecule has 0 heterocycles. The number of hydrogen-bond acceptors (Lipinski definition) is 1. The van der Waals surface area contributed by atoms with Gasteiger partial charge in [0.05, 0.1) is 11.6 Å². The Bertz CT molecular complexity index is 455. The number of benzene rings is 1. The van der Waals surface area contributed by atoms with Crippen LogP contribution in [0.1, 0.15) is 64.4 Å². The summed E-state index contributed by atoms with van der Waals surface area (Å²) in [5.41, 5.74) is 1.14. The van der Waals surface area contributed by atoms with E-state index in [1.807, 2.05) is 6.07 Å². The van der Waals surface area contributed by atoms with Gasteiger partial charge in [0.15, 0.2) is 0 Å². The fraction of sp³-hybridized carbons (Fsp3) is 0.556. The van der Waals surface area contributed by atoms with Crippen LogP contribution in [-0.2, 0) is 0 Å². The highest BCUT2D eigenvalue weighted by molar-refractivity contribution is 6.35. The Kier molecular flexibility index (Phi) is 8.87. The first-order valence-corrected chi connectivity index (χ1v) is 8.66. The third kappa shape index (κ3) is 5.92. The van der Waals surface area contributed by atoms with Crippen LogP contribution in [0, 0.1) is 0 Å². The van der Waals surface area contributed by atoms with E-state index < -0.39 is 0 Å². The van der Waals surface area contributed by atoms with Crippen molar-refractivity contribution in [1.29, 1.82) is 0 Å². The molecule has 0 N–H and O–H groups in total. The van der Waals surface area contributed by atoms with Crippen LogP contribution < -0.4 is 4.74 Å². The molecule has 1 atom stereocenters. The van der Waals surface area contributed by atoms with Crippen LogP contribution in [0.25, 0.3) is 0 Å². The average Bonchev–Trinajstić information content (AvgIpc) is 2.45. The predicted octanol–water partition coefficient (Wildman–Crippen LogP) is 7.02. The first kappa shape index (κ1) is 18.4. The number of rotatable bonds is 9. The highest BCUT2D eigenvalue weighted by Gasteiger charge is 2.18. The van der Waals surface area contributed by atoms with Gasteiger partial charge in [-0.15, -0.1) is 0 Å². The van der Waals surface area contributed by atoms with Gasteiger partial charge in [0.25, 0.3) is 0 Å². The van der Waals surface area contributed by atoms with Gasteiger partial charge >= 0.3 is 0 Å². The minimum Gasteiger partial charge on any atom is -0.492 e. The second-order valence-corrected chi connectivity index (χ2v) is 6.10. The quantitative estimate of drug-likeness (QED) is 0.442. The Morgan fingerprint density at radius 3 is 2.48 bits per heavy atom. The SMILES string of the molecule is CC/C=C\CC(CCC)c1cc(Cl)cc(Cl)c1OCCC. The topological polar surface area (TPSA) is 9.23 Å². The Morgan fingerprint density at radius 1 is 1.10 bits per heavy atom. The molecule has 1 unspecified atom stereocenters. The summed E-state index contributed by atoms with van der Waals surface area (Å²) < 4.78 is 5.89. The molecule has 0 aliphatic heterocycles. The predicted molar refractivity (Wildman–Crippen MR) is 93.9 cm³/mol. The second-order valence-electron chi connectivity index (χ2n) is 5.26. The summed E-state index contributed by atoms with van der Waals surface area (Å²) in [5.74, 6) is 1.21. The normalized spacial score (nSPS) is 12.8. The van der Waals surface area contributed by atoms with E-state index in [9.17, 15) is 0 Å². The van der Waals surface area contributed by atoms with Gasteiger partial charge in [-0.2, -0.15) is 0 Å². The lowest BCUT2D eigenvalue weighted by atomic mass is 9.90. The Balaban J connectivity index is 3.10. The fourth-order valence-corrected chi connectivity index (χ4v) is 2.98. The molecule has 0 spiro atoms. The van der Waals surface area contributed by atoms with E-state index in [1.165, 1.54) is 0 Å². The third-order valence-electron chi connectivity index (χ3n) is 3.39. The molecule has 21 heavy (non-hydrogen) atoms. The van der Waals surface area contributed by atoms with Crippen LogP contribution in [0.15, 0.2) is 24.3 Å². The molecule has 0 aliphatic rings.